The number of H-pyrrole nitrogens is 1. The molecule has 9 heteroatoms. The number of fused-ring (bicyclic) bond motifs is 1. The highest BCUT2D eigenvalue weighted by atomic mass is 16.2. The molecule has 0 spiro atoms. The number of aromatic amines is 1. The number of para-hydroxylation sites is 1. The first-order valence-corrected chi connectivity index (χ1v) is 8.00. The van der Waals surface area contributed by atoms with Gasteiger partial charge in [0.25, 0.3) is 11.5 Å². The molecule has 4 rings (SSSR count). The molecule has 0 unspecified atom stereocenters. The highest BCUT2D eigenvalue weighted by Gasteiger charge is 2.11. The summed E-state index contributed by atoms with van der Waals surface area (Å²) in [6, 6.07) is 10.6. The molecule has 0 radical (unpaired) electrons. The monoisotopic (exact) mass is 349 g/mol. The average Bonchev–Trinajstić information content (AvgIpc) is 3.33. The number of nitrogens with one attached hydrogen (secondary N) is 2. The van der Waals surface area contributed by atoms with Gasteiger partial charge in [-0.05, 0) is 12.1 Å². The van der Waals surface area contributed by atoms with Gasteiger partial charge in [-0.25, -0.2) is 14.3 Å². The molecule has 0 bridgehead atoms. The van der Waals surface area contributed by atoms with E-state index in [9.17, 15) is 9.59 Å². The zero-order chi connectivity index (χ0) is 17.9. The third-order valence-electron chi connectivity index (χ3n) is 3.95. The summed E-state index contributed by atoms with van der Waals surface area (Å²) in [6.07, 6.45) is 4.56. The smallest absolute Gasteiger partial charge is 0.266 e. The van der Waals surface area contributed by atoms with Crippen LogP contribution in [0.3, 0.4) is 0 Å². The Morgan fingerprint density at radius 3 is 2.92 bits per heavy atom. The minimum absolute atomic E-state index is 0.206. The summed E-state index contributed by atoms with van der Waals surface area (Å²) < 4.78 is 2.74. The molecule has 3 heterocycles. The van der Waals surface area contributed by atoms with Crippen LogP contribution in [0.4, 0.5) is 0 Å². The minimum atomic E-state index is -0.254. The fourth-order valence-electron chi connectivity index (χ4n) is 2.68. The molecular formula is C17H15N7O2. The van der Waals surface area contributed by atoms with Crippen molar-refractivity contribution in [2.45, 2.75) is 6.54 Å². The highest BCUT2D eigenvalue weighted by Crippen LogP contribution is 2.17. The molecule has 4 aromatic rings. The predicted molar refractivity (Wildman–Crippen MR) is 94.0 cm³/mol. The van der Waals surface area contributed by atoms with Gasteiger partial charge in [0.1, 0.15) is 12.7 Å². The van der Waals surface area contributed by atoms with Crippen LogP contribution in [0.25, 0.3) is 16.7 Å². The Labute approximate surface area is 147 Å². The van der Waals surface area contributed by atoms with Crippen LogP contribution in [0.2, 0.25) is 0 Å². The fraction of sp³-hybridized carbons (Fsp3) is 0.118. The number of benzene rings is 1. The third kappa shape index (κ3) is 2.97. The van der Waals surface area contributed by atoms with Crippen molar-refractivity contribution in [2.75, 3.05) is 6.54 Å². The van der Waals surface area contributed by atoms with Gasteiger partial charge in [0, 0.05) is 29.7 Å². The first-order chi connectivity index (χ1) is 12.7. The summed E-state index contributed by atoms with van der Waals surface area (Å²) in [6.45, 7) is 0.515. The Morgan fingerprint density at radius 2 is 2.08 bits per heavy atom. The standard InChI is InChI=1S/C17H15N7O2/c25-16-6-5-15(24-11-18-10-21-24)22-23(16)8-7-19-17(26)13-9-20-14-4-2-1-3-12(13)14/h1-6,9-11,20H,7-8H2,(H,19,26). The van der Waals surface area contributed by atoms with Crippen molar-refractivity contribution in [3.8, 4) is 5.82 Å². The molecule has 0 saturated carbocycles. The number of hydrogen-bond acceptors (Lipinski definition) is 5. The molecule has 0 fully saturated rings. The Hall–Kier alpha value is -3.75. The van der Waals surface area contributed by atoms with Crippen molar-refractivity contribution in [3.05, 3.63) is 71.2 Å². The van der Waals surface area contributed by atoms with E-state index >= 15 is 0 Å². The Balaban J connectivity index is 1.45. The zero-order valence-electron chi connectivity index (χ0n) is 13.7. The largest absolute Gasteiger partial charge is 0.360 e. The van der Waals surface area contributed by atoms with Gasteiger partial charge >= 0.3 is 0 Å². The Morgan fingerprint density at radius 1 is 1.19 bits per heavy atom. The molecule has 26 heavy (non-hydrogen) atoms. The van der Waals surface area contributed by atoms with Gasteiger partial charge in [-0.2, -0.15) is 5.10 Å². The SMILES string of the molecule is O=C(NCCn1nc(-n2cncn2)ccc1=O)c1c[nH]c2ccccc12. The van der Waals surface area contributed by atoms with E-state index in [2.05, 4.69) is 25.5 Å². The number of aromatic nitrogens is 6. The molecule has 2 N–H and O–H groups in total. The molecule has 130 valence electrons. The van der Waals surface area contributed by atoms with Crippen molar-refractivity contribution in [1.82, 2.24) is 34.8 Å². The molecule has 3 aromatic heterocycles. The first kappa shape index (κ1) is 15.8. The Bertz CT molecular complexity index is 1110. The van der Waals surface area contributed by atoms with Crippen molar-refractivity contribution in [2.24, 2.45) is 0 Å². The summed E-state index contributed by atoms with van der Waals surface area (Å²) in [7, 11) is 0. The number of nitrogens with zero attached hydrogens (tertiary/aromatic N) is 5. The zero-order valence-corrected chi connectivity index (χ0v) is 13.7. The van der Waals surface area contributed by atoms with Gasteiger partial charge in [0.15, 0.2) is 5.82 Å². The molecular weight excluding hydrogens is 334 g/mol. The lowest BCUT2D eigenvalue weighted by Crippen LogP contribution is -2.32. The van der Waals surface area contributed by atoms with Crippen LogP contribution in [0.5, 0.6) is 0 Å². The molecule has 0 atom stereocenters. The van der Waals surface area contributed by atoms with E-state index < -0.39 is 0 Å². The van der Waals surface area contributed by atoms with Crippen molar-refractivity contribution < 1.29 is 4.79 Å². The number of amides is 1. The maximum Gasteiger partial charge on any atom is 0.266 e. The third-order valence-corrected chi connectivity index (χ3v) is 3.95. The molecule has 0 aliphatic rings. The van der Waals surface area contributed by atoms with Crippen LogP contribution in [-0.4, -0.2) is 42.0 Å². The van der Waals surface area contributed by atoms with Crippen LogP contribution >= 0.6 is 0 Å². The van der Waals surface area contributed by atoms with Crippen molar-refractivity contribution >= 4 is 16.8 Å². The van der Waals surface area contributed by atoms with Gasteiger partial charge < -0.3 is 10.3 Å². The average molecular weight is 349 g/mol. The van der Waals surface area contributed by atoms with Crippen molar-refractivity contribution in [1.29, 1.82) is 0 Å². The lowest BCUT2D eigenvalue weighted by atomic mass is 10.1. The van der Waals surface area contributed by atoms with Crippen LogP contribution in [0.15, 0.2) is 60.0 Å². The molecule has 1 amide bonds. The van der Waals surface area contributed by atoms with E-state index in [0.717, 1.165) is 10.9 Å². The van der Waals surface area contributed by atoms with Gasteiger partial charge in [0.05, 0.1) is 12.1 Å². The molecule has 1 aromatic carbocycles. The first-order valence-electron chi connectivity index (χ1n) is 8.00. The van der Waals surface area contributed by atoms with Crippen molar-refractivity contribution in [3.63, 3.8) is 0 Å². The van der Waals surface area contributed by atoms with Gasteiger partial charge in [0.2, 0.25) is 0 Å². The number of hydrogen-bond donors (Lipinski definition) is 2. The van der Waals surface area contributed by atoms with E-state index in [-0.39, 0.29) is 24.6 Å². The number of carbonyl (C=O) groups is 1. The van der Waals surface area contributed by atoms with E-state index in [0.29, 0.717) is 11.4 Å². The summed E-state index contributed by atoms with van der Waals surface area (Å²) in [4.78, 5) is 31.3. The predicted octanol–water partition coefficient (Wildman–Crippen LogP) is 0.735. The second-order valence-electron chi connectivity index (χ2n) is 5.60. The van der Waals surface area contributed by atoms with Gasteiger partial charge in [-0.3, -0.25) is 9.59 Å². The summed E-state index contributed by atoms with van der Waals surface area (Å²) in [5, 5.41) is 11.9. The molecule has 0 aliphatic heterocycles. The molecule has 9 nitrogen and oxygen atoms in total. The van der Waals surface area contributed by atoms with E-state index in [4.69, 9.17) is 0 Å². The summed E-state index contributed by atoms with van der Waals surface area (Å²) >= 11 is 0. The lowest BCUT2D eigenvalue weighted by Gasteiger charge is -2.08. The maximum absolute atomic E-state index is 12.4. The normalized spacial score (nSPS) is 10.9. The highest BCUT2D eigenvalue weighted by molar-refractivity contribution is 6.06. The lowest BCUT2D eigenvalue weighted by molar-refractivity contribution is 0.0953. The van der Waals surface area contributed by atoms with E-state index in [1.807, 2.05) is 24.3 Å². The molecule has 0 aliphatic carbocycles. The maximum atomic E-state index is 12.4. The minimum Gasteiger partial charge on any atom is -0.360 e. The Kier molecular flexibility index (Phi) is 4.02. The van der Waals surface area contributed by atoms with E-state index in [1.54, 1.807) is 12.3 Å². The second-order valence-corrected chi connectivity index (χ2v) is 5.60. The van der Waals surface area contributed by atoms with Crippen LogP contribution < -0.4 is 10.9 Å². The number of rotatable bonds is 5. The summed E-state index contributed by atoms with van der Waals surface area (Å²) in [5.74, 6) is 0.271. The van der Waals surface area contributed by atoms with Crippen LogP contribution in [-0.2, 0) is 6.54 Å². The quantitative estimate of drug-likeness (QED) is 0.552. The van der Waals surface area contributed by atoms with Crippen LogP contribution in [0, 0.1) is 0 Å². The number of carbonyl (C=O) groups excluding carboxylic acids is 1. The second kappa shape index (κ2) is 6.63. The van der Waals surface area contributed by atoms with E-state index in [1.165, 1.54) is 28.1 Å². The summed E-state index contributed by atoms with van der Waals surface area (Å²) in [5.41, 5.74) is 1.21. The fourth-order valence-corrected chi connectivity index (χ4v) is 2.68. The molecule has 0 saturated heterocycles. The topological polar surface area (TPSA) is 110 Å². The van der Waals surface area contributed by atoms with Crippen LogP contribution in [0.1, 0.15) is 10.4 Å². The van der Waals surface area contributed by atoms with Gasteiger partial charge in [-0.15, -0.1) is 5.10 Å². The van der Waals surface area contributed by atoms with Gasteiger partial charge in [-0.1, -0.05) is 18.2 Å².